The van der Waals surface area contributed by atoms with Crippen molar-refractivity contribution in [3.05, 3.63) is 29.0 Å². The van der Waals surface area contributed by atoms with Gasteiger partial charge in [-0.3, -0.25) is 0 Å². The van der Waals surface area contributed by atoms with E-state index in [4.69, 9.17) is 18.9 Å². The zero-order valence-electron chi connectivity index (χ0n) is 15.5. The molecule has 0 radical (unpaired) electrons. The van der Waals surface area contributed by atoms with Crippen LogP contribution in [0.15, 0.2) is 23.4 Å². The molecule has 1 aliphatic rings. The molecule has 2 rings (SSSR count). The quantitative estimate of drug-likeness (QED) is 0.689. The van der Waals surface area contributed by atoms with Crippen molar-refractivity contribution >= 4 is 17.6 Å². The minimum absolute atomic E-state index is 0.0408. The van der Waals surface area contributed by atoms with E-state index in [1.165, 1.54) is 7.11 Å². The van der Waals surface area contributed by atoms with Crippen LogP contribution in [0.5, 0.6) is 11.5 Å². The van der Waals surface area contributed by atoms with Gasteiger partial charge in [-0.2, -0.15) is 13.2 Å². The van der Waals surface area contributed by atoms with Gasteiger partial charge in [0.15, 0.2) is 0 Å². The first-order chi connectivity index (χ1) is 13.2. The lowest BCUT2D eigenvalue weighted by Gasteiger charge is -2.32. The molecule has 0 saturated carbocycles. The van der Waals surface area contributed by atoms with Crippen LogP contribution in [0.4, 0.5) is 18.9 Å². The summed E-state index contributed by atoms with van der Waals surface area (Å²) in [4.78, 5) is 25.4. The predicted octanol–water partition coefficient (Wildman–Crippen LogP) is 2.12. The smallest absolute Gasteiger partial charge is 0.420 e. The summed E-state index contributed by atoms with van der Waals surface area (Å²) in [6, 6.07) is 1.77. The second-order valence-corrected chi connectivity index (χ2v) is 5.44. The average Bonchev–Trinajstić information content (AvgIpc) is 2.70. The van der Waals surface area contributed by atoms with E-state index in [0.29, 0.717) is 0 Å². The molecule has 8 nitrogen and oxygen atoms in total. The zero-order valence-corrected chi connectivity index (χ0v) is 15.5. The number of halogens is 3. The number of benzene rings is 1. The third kappa shape index (κ3) is 3.98. The Labute approximate surface area is 158 Å². The molecule has 0 atom stereocenters. The number of nitrogens with zero attached hydrogens (tertiary/aromatic N) is 1. The summed E-state index contributed by atoms with van der Waals surface area (Å²) in [5.74, 6) is -2.34. The highest BCUT2D eigenvalue weighted by molar-refractivity contribution is 6.03. The number of alkyl halides is 3. The van der Waals surface area contributed by atoms with Gasteiger partial charge in [0, 0.05) is 6.07 Å². The highest BCUT2D eigenvalue weighted by atomic mass is 19.4. The number of anilines is 1. The van der Waals surface area contributed by atoms with Crippen LogP contribution in [0.2, 0.25) is 0 Å². The van der Waals surface area contributed by atoms with Crippen LogP contribution in [-0.2, 0) is 30.0 Å². The van der Waals surface area contributed by atoms with E-state index >= 15 is 0 Å². The summed E-state index contributed by atoms with van der Waals surface area (Å²) in [5.41, 5.74) is -1.78. The van der Waals surface area contributed by atoms with E-state index in [2.05, 4.69) is 4.74 Å². The van der Waals surface area contributed by atoms with Crippen molar-refractivity contribution in [2.24, 2.45) is 0 Å². The normalized spacial score (nSPS) is 14.6. The molecule has 11 heteroatoms. The first-order valence-electron chi connectivity index (χ1n) is 7.77. The maximum atomic E-state index is 13.5. The Morgan fingerprint density at radius 2 is 1.61 bits per heavy atom. The topological polar surface area (TPSA) is 83.5 Å². The fourth-order valence-electron chi connectivity index (χ4n) is 2.65. The van der Waals surface area contributed by atoms with Gasteiger partial charge in [0.1, 0.15) is 23.9 Å². The number of ether oxygens (including phenoxy) is 5. The van der Waals surface area contributed by atoms with Gasteiger partial charge in [-0.15, -0.1) is 0 Å². The minimum Gasteiger partial charge on any atom is -0.496 e. The molecular weight excluding hydrogens is 387 g/mol. The maximum Gasteiger partial charge on any atom is 0.420 e. The SMILES string of the molecule is COC(=O)C1=C(C(=O)OC)N(c2cc(C(F)(F)F)c(OC)cc2OC)COC1. The van der Waals surface area contributed by atoms with Gasteiger partial charge in [0.25, 0.3) is 0 Å². The Bertz CT molecular complexity index is 805. The van der Waals surface area contributed by atoms with Crippen molar-refractivity contribution in [1.82, 2.24) is 0 Å². The molecule has 154 valence electrons. The van der Waals surface area contributed by atoms with E-state index in [1.54, 1.807) is 0 Å². The highest BCUT2D eigenvalue weighted by Crippen LogP contribution is 2.44. The molecule has 0 saturated heterocycles. The second kappa shape index (κ2) is 8.38. The van der Waals surface area contributed by atoms with Crippen LogP contribution in [0.1, 0.15) is 5.56 Å². The predicted molar refractivity (Wildman–Crippen MR) is 88.9 cm³/mol. The fraction of sp³-hybridized carbons (Fsp3) is 0.412. The Hall–Kier alpha value is -2.95. The van der Waals surface area contributed by atoms with Gasteiger partial charge in [0.2, 0.25) is 0 Å². The lowest BCUT2D eigenvalue weighted by molar-refractivity contribution is -0.140. The van der Waals surface area contributed by atoms with Crippen LogP contribution in [0, 0.1) is 0 Å². The van der Waals surface area contributed by atoms with Crippen LogP contribution >= 0.6 is 0 Å². The van der Waals surface area contributed by atoms with Gasteiger partial charge in [-0.25, -0.2) is 9.59 Å². The fourth-order valence-corrected chi connectivity index (χ4v) is 2.65. The monoisotopic (exact) mass is 405 g/mol. The largest absolute Gasteiger partial charge is 0.496 e. The number of rotatable bonds is 5. The molecule has 0 unspecified atom stereocenters. The molecule has 0 amide bonds. The lowest BCUT2D eigenvalue weighted by Crippen LogP contribution is -2.39. The van der Waals surface area contributed by atoms with Crippen molar-refractivity contribution in [3.63, 3.8) is 0 Å². The molecule has 1 heterocycles. The summed E-state index contributed by atoms with van der Waals surface area (Å²) >= 11 is 0. The first-order valence-corrected chi connectivity index (χ1v) is 7.77. The molecule has 28 heavy (non-hydrogen) atoms. The Balaban J connectivity index is 2.76. The number of hydrogen-bond acceptors (Lipinski definition) is 8. The van der Waals surface area contributed by atoms with E-state index in [1.807, 2.05) is 0 Å². The second-order valence-electron chi connectivity index (χ2n) is 5.44. The molecule has 0 N–H and O–H groups in total. The Morgan fingerprint density at radius 1 is 1.00 bits per heavy atom. The standard InChI is InChI=1S/C17H18F3NO7/c1-24-12-6-13(25-2)11(5-10(12)17(18,19)20)21-8-28-7-9(15(22)26-3)14(21)16(23)27-4/h5-6H,7-8H2,1-4H3. The number of carbonyl (C=O) groups is 2. The van der Waals surface area contributed by atoms with E-state index < -0.39 is 29.4 Å². The van der Waals surface area contributed by atoms with Crippen molar-refractivity contribution in [3.8, 4) is 11.5 Å². The van der Waals surface area contributed by atoms with Crippen LogP contribution in [0.3, 0.4) is 0 Å². The van der Waals surface area contributed by atoms with Crippen molar-refractivity contribution in [2.75, 3.05) is 46.7 Å². The van der Waals surface area contributed by atoms with Gasteiger partial charge < -0.3 is 28.6 Å². The van der Waals surface area contributed by atoms with E-state index in [-0.39, 0.29) is 36.0 Å². The third-order valence-electron chi connectivity index (χ3n) is 3.93. The van der Waals surface area contributed by atoms with Crippen molar-refractivity contribution < 1.29 is 46.4 Å². The molecule has 1 aromatic carbocycles. The van der Waals surface area contributed by atoms with E-state index in [0.717, 1.165) is 38.4 Å². The van der Waals surface area contributed by atoms with Crippen molar-refractivity contribution in [2.45, 2.75) is 6.18 Å². The number of esters is 2. The number of carbonyl (C=O) groups excluding carboxylic acids is 2. The molecule has 0 spiro atoms. The minimum atomic E-state index is -4.75. The lowest BCUT2D eigenvalue weighted by atomic mass is 10.1. The molecule has 0 fully saturated rings. The third-order valence-corrected chi connectivity index (χ3v) is 3.93. The maximum absolute atomic E-state index is 13.5. The van der Waals surface area contributed by atoms with Crippen molar-refractivity contribution in [1.29, 1.82) is 0 Å². The Kier molecular flexibility index (Phi) is 6.39. The molecule has 1 aliphatic heterocycles. The summed E-state index contributed by atoms with van der Waals surface area (Å²) in [6.07, 6.45) is -4.75. The van der Waals surface area contributed by atoms with Gasteiger partial charge in [-0.05, 0) is 6.07 Å². The zero-order chi connectivity index (χ0) is 21.1. The van der Waals surface area contributed by atoms with Gasteiger partial charge in [0.05, 0.1) is 51.9 Å². The molecule has 0 bridgehead atoms. The van der Waals surface area contributed by atoms with Crippen LogP contribution in [-0.4, -0.2) is 53.7 Å². The van der Waals surface area contributed by atoms with E-state index in [9.17, 15) is 22.8 Å². The van der Waals surface area contributed by atoms with Crippen LogP contribution < -0.4 is 14.4 Å². The summed E-state index contributed by atoms with van der Waals surface area (Å²) in [6.45, 7) is -0.608. The molecule has 0 aliphatic carbocycles. The molecule has 0 aromatic heterocycles. The average molecular weight is 405 g/mol. The molecule has 1 aromatic rings. The van der Waals surface area contributed by atoms with Gasteiger partial charge in [-0.1, -0.05) is 0 Å². The summed E-state index contributed by atoms with van der Waals surface area (Å²) in [5, 5.41) is 0. The summed E-state index contributed by atoms with van der Waals surface area (Å²) in [7, 11) is 4.49. The highest BCUT2D eigenvalue weighted by Gasteiger charge is 2.39. The molecular formula is C17H18F3NO7. The number of hydrogen-bond donors (Lipinski definition) is 0. The Morgan fingerprint density at radius 3 is 2.11 bits per heavy atom. The first kappa shape index (κ1) is 21.4. The van der Waals surface area contributed by atoms with Gasteiger partial charge >= 0.3 is 18.1 Å². The summed E-state index contributed by atoms with van der Waals surface area (Å²) < 4.78 is 64.9. The van der Waals surface area contributed by atoms with Crippen LogP contribution in [0.25, 0.3) is 0 Å². The number of methoxy groups -OCH3 is 4.